The van der Waals surface area contributed by atoms with Crippen molar-refractivity contribution in [2.75, 3.05) is 40.1 Å². The lowest BCUT2D eigenvalue weighted by Gasteiger charge is -2.07. The summed E-state index contributed by atoms with van der Waals surface area (Å²) in [4.78, 5) is 11.3. The number of hydrogen-bond donors (Lipinski definition) is 1. The Bertz CT molecular complexity index is 339. The normalized spacial score (nSPS) is 11.0. The van der Waals surface area contributed by atoms with Crippen LogP contribution in [-0.2, 0) is 14.2 Å². The molecule has 0 aromatic carbocycles. The average Bonchev–Trinajstić information content (AvgIpc) is 2.75. The highest BCUT2D eigenvalue weighted by Gasteiger charge is 2.00. The third-order valence-electron chi connectivity index (χ3n) is 5.38. The van der Waals surface area contributed by atoms with Gasteiger partial charge in [-0.25, -0.2) is 4.79 Å². The van der Waals surface area contributed by atoms with Crippen LogP contribution in [0.5, 0.6) is 0 Å². The van der Waals surface area contributed by atoms with Gasteiger partial charge in [-0.1, -0.05) is 103 Å². The molecule has 180 valence electrons. The zero-order valence-corrected chi connectivity index (χ0v) is 20.2. The summed E-state index contributed by atoms with van der Waals surface area (Å²) in [5, 5.41) is 2.62. The quantitative estimate of drug-likeness (QED) is 0.167. The zero-order valence-electron chi connectivity index (χ0n) is 20.2. The summed E-state index contributed by atoms with van der Waals surface area (Å²) in [7, 11) is 1.60. The summed E-state index contributed by atoms with van der Waals surface area (Å²) in [6.07, 6.45) is 22.5. The summed E-state index contributed by atoms with van der Waals surface area (Å²) in [6.45, 7) is 5.13. The molecule has 0 aliphatic carbocycles. The number of rotatable bonds is 24. The highest BCUT2D eigenvalue weighted by molar-refractivity contribution is 5.66. The molecule has 0 unspecified atom stereocenters. The van der Waals surface area contributed by atoms with Crippen LogP contribution in [0.15, 0.2) is 0 Å². The number of ether oxygens (including phenoxy) is 3. The number of hydrogen-bond acceptors (Lipinski definition) is 4. The number of amides is 1. The summed E-state index contributed by atoms with van der Waals surface area (Å²) in [5.74, 6) is 0. The van der Waals surface area contributed by atoms with Crippen LogP contribution in [0.4, 0.5) is 4.79 Å². The molecule has 0 aromatic rings. The van der Waals surface area contributed by atoms with E-state index in [2.05, 4.69) is 12.2 Å². The van der Waals surface area contributed by atoms with Gasteiger partial charge in [-0.05, 0) is 6.42 Å². The lowest BCUT2D eigenvalue weighted by atomic mass is 10.0. The molecule has 0 aliphatic rings. The highest BCUT2D eigenvalue weighted by Crippen LogP contribution is 2.13. The van der Waals surface area contributed by atoms with Crippen LogP contribution in [0.3, 0.4) is 0 Å². The largest absolute Gasteiger partial charge is 0.449 e. The number of alkyl carbamates (subject to hydrolysis) is 1. The van der Waals surface area contributed by atoms with E-state index in [1.807, 2.05) is 0 Å². The Kier molecular flexibility index (Phi) is 25.5. The van der Waals surface area contributed by atoms with Gasteiger partial charge in [0.2, 0.25) is 0 Å². The minimum absolute atomic E-state index is 0.384. The Morgan fingerprint density at radius 2 is 1.07 bits per heavy atom. The van der Waals surface area contributed by atoms with Crippen LogP contribution >= 0.6 is 0 Å². The summed E-state index contributed by atoms with van der Waals surface area (Å²) in [6, 6.07) is 0. The number of carbonyl (C=O) groups is 1. The van der Waals surface area contributed by atoms with Gasteiger partial charge in [0.1, 0.15) is 0 Å². The van der Waals surface area contributed by atoms with E-state index in [0.717, 1.165) is 19.4 Å². The molecule has 0 heterocycles. The zero-order chi connectivity index (χ0) is 22.0. The molecule has 0 saturated heterocycles. The lowest BCUT2D eigenvalue weighted by Crippen LogP contribution is -2.28. The molecule has 0 rings (SSSR count). The van der Waals surface area contributed by atoms with E-state index in [1.54, 1.807) is 7.11 Å². The van der Waals surface area contributed by atoms with Crippen LogP contribution in [0.1, 0.15) is 116 Å². The fourth-order valence-corrected chi connectivity index (χ4v) is 3.49. The molecule has 5 nitrogen and oxygen atoms in total. The second-order valence-corrected chi connectivity index (χ2v) is 8.32. The van der Waals surface area contributed by atoms with Gasteiger partial charge in [-0.2, -0.15) is 0 Å². The van der Waals surface area contributed by atoms with Gasteiger partial charge in [-0.15, -0.1) is 0 Å². The predicted molar refractivity (Wildman–Crippen MR) is 126 cm³/mol. The Hall–Kier alpha value is -0.810. The van der Waals surface area contributed by atoms with Gasteiger partial charge >= 0.3 is 6.09 Å². The lowest BCUT2D eigenvalue weighted by molar-refractivity contribution is 0.0972. The number of methoxy groups -OCH3 is 1. The van der Waals surface area contributed by atoms with Crippen LogP contribution in [-0.4, -0.2) is 46.2 Å². The SMILES string of the molecule is CCCCCCCCCCCCCCCCCCOCCCOC(=O)NCCOC. The third kappa shape index (κ3) is 25.2. The van der Waals surface area contributed by atoms with Gasteiger partial charge < -0.3 is 19.5 Å². The smallest absolute Gasteiger partial charge is 0.407 e. The Labute approximate surface area is 187 Å². The van der Waals surface area contributed by atoms with Gasteiger partial charge in [0.15, 0.2) is 0 Å². The number of carbonyl (C=O) groups excluding carboxylic acids is 1. The fourth-order valence-electron chi connectivity index (χ4n) is 3.49. The maximum atomic E-state index is 11.3. The van der Waals surface area contributed by atoms with Crippen molar-refractivity contribution in [2.24, 2.45) is 0 Å². The van der Waals surface area contributed by atoms with E-state index < -0.39 is 0 Å². The Balaban J connectivity index is 3.06. The van der Waals surface area contributed by atoms with Crippen molar-refractivity contribution in [3.05, 3.63) is 0 Å². The second kappa shape index (κ2) is 26.2. The number of unbranched alkanes of at least 4 members (excludes halogenated alkanes) is 15. The molecule has 0 atom stereocenters. The van der Waals surface area contributed by atoms with E-state index in [1.165, 1.54) is 96.3 Å². The molecule has 0 saturated carbocycles. The van der Waals surface area contributed by atoms with Crippen LogP contribution in [0, 0.1) is 0 Å². The van der Waals surface area contributed by atoms with E-state index in [-0.39, 0.29) is 6.09 Å². The van der Waals surface area contributed by atoms with Crippen molar-refractivity contribution >= 4 is 6.09 Å². The van der Waals surface area contributed by atoms with Crippen LogP contribution in [0.2, 0.25) is 0 Å². The van der Waals surface area contributed by atoms with Crippen molar-refractivity contribution in [3.63, 3.8) is 0 Å². The fraction of sp³-hybridized carbons (Fsp3) is 0.960. The van der Waals surface area contributed by atoms with E-state index in [0.29, 0.717) is 26.4 Å². The second-order valence-electron chi connectivity index (χ2n) is 8.32. The average molecular weight is 430 g/mol. The van der Waals surface area contributed by atoms with Crippen molar-refractivity contribution in [3.8, 4) is 0 Å². The first-order chi connectivity index (χ1) is 14.8. The van der Waals surface area contributed by atoms with Crippen LogP contribution < -0.4 is 5.32 Å². The molecule has 0 aliphatic heterocycles. The molecule has 0 bridgehead atoms. The first-order valence-corrected chi connectivity index (χ1v) is 12.8. The van der Waals surface area contributed by atoms with Crippen molar-refractivity contribution in [2.45, 2.75) is 116 Å². The van der Waals surface area contributed by atoms with Crippen molar-refractivity contribution in [1.29, 1.82) is 0 Å². The minimum atomic E-state index is -0.384. The van der Waals surface area contributed by atoms with Gasteiger partial charge in [0.25, 0.3) is 0 Å². The summed E-state index contributed by atoms with van der Waals surface area (Å²) in [5.41, 5.74) is 0. The predicted octanol–water partition coefficient (Wildman–Crippen LogP) is 7.03. The monoisotopic (exact) mass is 429 g/mol. The van der Waals surface area contributed by atoms with Gasteiger partial charge in [-0.3, -0.25) is 0 Å². The molecule has 0 spiro atoms. The molecule has 0 radical (unpaired) electrons. The molecular weight excluding hydrogens is 378 g/mol. The van der Waals surface area contributed by atoms with E-state index in [4.69, 9.17) is 14.2 Å². The summed E-state index contributed by atoms with van der Waals surface area (Å²) >= 11 is 0. The van der Waals surface area contributed by atoms with Crippen molar-refractivity contribution < 1.29 is 19.0 Å². The van der Waals surface area contributed by atoms with Crippen molar-refractivity contribution in [1.82, 2.24) is 5.32 Å². The highest BCUT2D eigenvalue weighted by atomic mass is 16.5. The number of nitrogens with one attached hydrogen (secondary N) is 1. The molecule has 0 fully saturated rings. The third-order valence-corrected chi connectivity index (χ3v) is 5.38. The molecular formula is C25H51NO4. The van der Waals surface area contributed by atoms with Gasteiger partial charge in [0.05, 0.1) is 13.2 Å². The first kappa shape index (κ1) is 29.2. The molecule has 0 aromatic heterocycles. The minimum Gasteiger partial charge on any atom is -0.449 e. The Morgan fingerprint density at radius 3 is 1.57 bits per heavy atom. The standard InChI is InChI=1S/C25H51NO4/c1-3-4-5-6-7-8-9-10-11-12-13-14-15-16-17-18-21-29-22-19-23-30-25(27)26-20-24-28-2/h3-24H2,1-2H3,(H,26,27). The first-order valence-electron chi connectivity index (χ1n) is 12.8. The molecule has 5 heteroatoms. The van der Waals surface area contributed by atoms with Gasteiger partial charge in [0, 0.05) is 33.3 Å². The molecule has 30 heavy (non-hydrogen) atoms. The maximum absolute atomic E-state index is 11.3. The van der Waals surface area contributed by atoms with E-state index in [9.17, 15) is 4.79 Å². The van der Waals surface area contributed by atoms with E-state index >= 15 is 0 Å². The topological polar surface area (TPSA) is 56.8 Å². The summed E-state index contributed by atoms with van der Waals surface area (Å²) < 4.78 is 15.5. The van der Waals surface area contributed by atoms with Crippen LogP contribution in [0.25, 0.3) is 0 Å². The molecule has 1 amide bonds. The maximum Gasteiger partial charge on any atom is 0.407 e. The Morgan fingerprint density at radius 1 is 0.600 bits per heavy atom. The molecule has 1 N–H and O–H groups in total.